The van der Waals surface area contributed by atoms with Gasteiger partial charge in [-0.2, -0.15) is 0 Å². The third-order valence-electron chi connectivity index (χ3n) is 5.52. The highest BCUT2D eigenvalue weighted by molar-refractivity contribution is 6.07. The van der Waals surface area contributed by atoms with Crippen LogP contribution in [0.1, 0.15) is 49.9 Å². The highest BCUT2D eigenvalue weighted by atomic mass is 16.5. The van der Waals surface area contributed by atoms with E-state index < -0.39 is 0 Å². The molecule has 1 aliphatic heterocycles. The van der Waals surface area contributed by atoms with E-state index in [1.165, 1.54) is 7.11 Å². The number of ether oxygens (including phenoxy) is 2. The first kappa shape index (κ1) is 19.3. The summed E-state index contributed by atoms with van der Waals surface area (Å²) in [5.41, 5.74) is 0.420. The Morgan fingerprint density at radius 3 is 2.37 bits per heavy atom. The summed E-state index contributed by atoms with van der Waals surface area (Å²) in [4.78, 5) is 28.3. The van der Waals surface area contributed by atoms with Gasteiger partial charge in [-0.15, -0.1) is 0 Å². The van der Waals surface area contributed by atoms with Gasteiger partial charge in [0.15, 0.2) is 11.5 Å². The van der Waals surface area contributed by atoms with Crippen LogP contribution in [0.15, 0.2) is 23.1 Å². The molecule has 146 valence electrons. The Labute approximate surface area is 159 Å². The van der Waals surface area contributed by atoms with E-state index in [4.69, 9.17) is 9.47 Å². The number of methoxy groups -OCH3 is 2. The molecular weight excluding hydrogens is 344 g/mol. The molecule has 1 saturated heterocycles. The van der Waals surface area contributed by atoms with Crippen molar-refractivity contribution in [2.75, 3.05) is 20.8 Å². The van der Waals surface area contributed by atoms with E-state index in [9.17, 15) is 9.59 Å². The van der Waals surface area contributed by atoms with Gasteiger partial charge in [-0.25, -0.2) is 0 Å². The van der Waals surface area contributed by atoms with Crippen molar-refractivity contribution < 1.29 is 14.3 Å². The number of hydrogen-bond acceptors (Lipinski definition) is 4. The second-order valence-corrected chi connectivity index (χ2v) is 6.94. The predicted molar refractivity (Wildman–Crippen MR) is 106 cm³/mol. The lowest BCUT2D eigenvalue weighted by molar-refractivity contribution is 0.0609. The molecule has 0 radical (unpaired) electrons. The van der Waals surface area contributed by atoms with Crippen molar-refractivity contribution in [1.29, 1.82) is 0 Å². The maximum absolute atomic E-state index is 13.5. The highest BCUT2D eigenvalue weighted by Gasteiger charge is 2.28. The van der Waals surface area contributed by atoms with E-state index in [0.29, 0.717) is 34.4 Å². The van der Waals surface area contributed by atoms with Crippen molar-refractivity contribution in [3.63, 3.8) is 0 Å². The van der Waals surface area contributed by atoms with Crippen molar-refractivity contribution in [2.45, 2.75) is 52.1 Å². The molecule has 1 aromatic carbocycles. The zero-order valence-electron chi connectivity index (χ0n) is 16.6. The second kappa shape index (κ2) is 8.03. The lowest BCUT2D eigenvalue weighted by Crippen LogP contribution is -2.43. The number of carbonyl (C=O) groups excluding carboxylic acids is 1. The number of nitrogens with zero attached hydrogens (tertiary/aromatic N) is 2. The van der Waals surface area contributed by atoms with Crippen LogP contribution in [0.4, 0.5) is 0 Å². The summed E-state index contributed by atoms with van der Waals surface area (Å²) in [6.45, 7) is 5.28. The number of aromatic nitrogens is 1. The van der Waals surface area contributed by atoms with E-state index in [1.807, 2.05) is 11.8 Å². The molecule has 1 atom stereocenters. The molecule has 2 heterocycles. The molecule has 6 heteroatoms. The molecule has 0 bridgehead atoms. The topological polar surface area (TPSA) is 60.8 Å². The Bertz CT molecular complexity index is 903. The predicted octanol–water partition coefficient (Wildman–Crippen LogP) is 3.44. The van der Waals surface area contributed by atoms with Crippen LogP contribution in [0, 0.1) is 0 Å². The van der Waals surface area contributed by atoms with E-state index in [0.717, 1.165) is 32.2 Å². The number of hydrogen-bond donors (Lipinski definition) is 0. The SMILES string of the molecule is CCC1CCCCN1C(=O)c1cn(CC)c(=O)c2cc(OC)c(OC)cc12. The Balaban J connectivity index is 2.23. The molecule has 1 unspecified atom stereocenters. The summed E-state index contributed by atoms with van der Waals surface area (Å²) >= 11 is 0. The average molecular weight is 372 g/mol. The molecule has 6 nitrogen and oxygen atoms in total. The number of piperidine rings is 1. The van der Waals surface area contributed by atoms with Gasteiger partial charge < -0.3 is 18.9 Å². The maximum atomic E-state index is 13.5. The first-order valence-corrected chi connectivity index (χ1v) is 9.65. The van der Waals surface area contributed by atoms with E-state index in [1.54, 1.807) is 30.0 Å². The van der Waals surface area contributed by atoms with Gasteiger partial charge in [0.2, 0.25) is 0 Å². The number of fused-ring (bicyclic) bond motifs is 1. The lowest BCUT2D eigenvalue weighted by atomic mass is 9.97. The molecule has 0 saturated carbocycles. The third kappa shape index (κ3) is 3.40. The number of pyridine rings is 1. The highest BCUT2D eigenvalue weighted by Crippen LogP contribution is 2.33. The zero-order chi connectivity index (χ0) is 19.6. The minimum Gasteiger partial charge on any atom is -0.493 e. The zero-order valence-corrected chi connectivity index (χ0v) is 16.6. The molecule has 1 aromatic heterocycles. The van der Waals surface area contributed by atoms with Crippen molar-refractivity contribution in [2.24, 2.45) is 0 Å². The van der Waals surface area contributed by atoms with Gasteiger partial charge in [-0.05, 0) is 44.7 Å². The van der Waals surface area contributed by atoms with Crippen LogP contribution in [0.5, 0.6) is 11.5 Å². The van der Waals surface area contributed by atoms with Crippen LogP contribution in [0.2, 0.25) is 0 Å². The van der Waals surface area contributed by atoms with Crippen LogP contribution >= 0.6 is 0 Å². The standard InChI is InChI=1S/C21H28N2O4/c1-5-14-9-7-8-10-23(14)21(25)17-13-22(6-2)20(24)16-12-19(27-4)18(26-3)11-15(16)17/h11-14H,5-10H2,1-4H3. The van der Waals surface area contributed by atoms with Crippen LogP contribution in [-0.2, 0) is 6.54 Å². The van der Waals surface area contributed by atoms with Gasteiger partial charge in [0.1, 0.15) is 0 Å². The minimum atomic E-state index is -0.129. The fourth-order valence-corrected chi connectivity index (χ4v) is 3.97. The van der Waals surface area contributed by atoms with Crippen LogP contribution in [0.3, 0.4) is 0 Å². The van der Waals surface area contributed by atoms with E-state index in [2.05, 4.69) is 6.92 Å². The van der Waals surface area contributed by atoms with E-state index in [-0.39, 0.29) is 17.5 Å². The van der Waals surface area contributed by atoms with Gasteiger partial charge >= 0.3 is 0 Å². The summed E-state index contributed by atoms with van der Waals surface area (Å²) in [5.74, 6) is 0.984. The molecule has 0 N–H and O–H groups in total. The summed E-state index contributed by atoms with van der Waals surface area (Å²) < 4.78 is 12.3. The number of aryl methyl sites for hydroxylation is 1. The number of amides is 1. The van der Waals surface area contributed by atoms with Gasteiger partial charge in [0, 0.05) is 30.7 Å². The normalized spacial score (nSPS) is 17.2. The Hall–Kier alpha value is -2.50. The molecule has 1 amide bonds. The van der Waals surface area contributed by atoms with Crippen molar-refractivity contribution >= 4 is 16.7 Å². The summed E-state index contributed by atoms with van der Waals surface area (Å²) in [5, 5.41) is 1.10. The smallest absolute Gasteiger partial charge is 0.258 e. The van der Waals surface area contributed by atoms with E-state index >= 15 is 0 Å². The molecule has 0 spiro atoms. The molecule has 27 heavy (non-hydrogen) atoms. The molecular formula is C21H28N2O4. The largest absolute Gasteiger partial charge is 0.493 e. The molecule has 2 aromatic rings. The Morgan fingerprint density at radius 2 is 1.78 bits per heavy atom. The summed E-state index contributed by atoms with van der Waals surface area (Å²) in [6.07, 6.45) is 5.84. The number of benzene rings is 1. The number of rotatable bonds is 5. The second-order valence-electron chi connectivity index (χ2n) is 6.94. The monoisotopic (exact) mass is 372 g/mol. The molecule has 1 fully saturated rings. The Morgan fingerprint density at radius 1 is 1.11 bits per heavy atom. The maximum Gasteiger partial charge on any atom is 0.258 e. The van der Waals surface area contributed by atoms with Crippen molar-refractivity contribution in [3.8, 4) is 11.5 Å². The van der Waals surface area contributed by atoms with Crippen LogP contribution < -0.4 is 15.0 Å². The van der Waals surface area contributed by atoms with Crippen LogP contribution in [-0.4, -0.2) is 42.2 Å². The number of likely N-dealkylation sites (tertiary alicyclic amines) is 1. The fraction of sp³-hybridized carbons (Fsp3) is 0.524. The number of carbonyl (C=O) groups is 1. The minimum absolute atomic E-state index is 0.0130. The summed E-state index contributed by atoms with van der Waals surface area (Å²) in [6, 6.07) is 3.67. The van der Waals surface area contributed by atoms with Crippen molar-refractivity contribution in [3.05, 3.63) is 34.2 Å². The van der Waals surface area contributed by atoms with Gasteiger partial charge in [-0.3, -0.25) is 9.59 Å². The van der Waals surface area contributed by atoms with Crippen LogP contribution in [0.25, 0.3) is 10.8 Å². The molecule has 1 aliphatic rings. The van der Waals surface area contributed by atoms with Gasteiger partial charge in [-0.1, -0.05) is 6.92 Å². The van der Waals surface area contributed by atoms with Gasteiger partial charge in [0.25, 0.3) is 11.5 Å². The average Bonchev–Trinajstić information content (AvgIpc) is 2.72. The Kier molecular flexibility index (Phi) is 5.73. The summed E-state index contributed by atoms with van der Waals surface area (Å²) in [7, 11) is 3.09. The molecule has 3 rings (SSSR count). The van der Waals surface area contributed by atoms with Crippen molar-refractivity contribution in [1.82, 2.24) is 9.47 Å². The first-order valence-electron chi connectivity index (χ1n) is 9.65. The fourth-order valence-electron chi connectivity index (χ4n) is 3.97. The molecule has 0 aliphatic carbocycles. The quantitative estimate of drug-likeness (QED) is 0.807. The van der Waals surface area contributed by atoms with Gasteiger partial charge in [0.05, 0.1) is 25.2 Å². The third-order valence-corrected chi connectivity index (χ3v) is 5.52. The first-order chi connectivity index (χ1) is 13.0. The lowest BCUT2D eigenvalue weighted by Gasteiger charge is -2.35.